The fourth-order valence-electron chi connectivity index (χ4n) is 4.78. The minimum atomic E-state index is -0.0536. The van der Waals surface area contributed by atoms with Crippen molar-refractivity contribution >= 4 is 17.6 Å². The fraction of sp³-hybridized carbons (Fsp3) is 0.714. The summed E-state index contributed by atoms with van der Waals surface area (Å²) < 4.78 is 0. The number of hydrogen-bond acceptors (Lipinski definition) is 6. The van der Waals surface area contributed by atoms with Gasteiger partial charge >= 0.3 is 0 Å². The first-order chi connectivity index (χ1) is 14.1. The van der Waals surface area contributed by atoms with Crippen LogP contribution in [0.25, 0.3) is 0 Å². The number of piperidine rings is 1. The maximum Gasteiger partial charge on any atom is 0.237 e. The molecule has 0 radical (unpaired) electrons. The van der Waals surface area contributed by atoms with Crippen LogP contribution in [0.5, 0.6) is 0 Å². The van der Waals surface area contributed by atoms with Crippen LogP contribution in [-0.2, 0) is 22.6 Å². The molecule has 0 bridgehead atoms. The highest BCUT2D eigenvalue weighted by molar-refractivity contribution is 5.79. The Labute approximate surface area is 172 Å². The molecule has 0 saturated carbocycles. The highest BCUT2D eigenvalue weighted by Gasteiger charge is 2.33. The summed E-state index contributed by atoms with van der Waals surface area (Å²) in [6.07, 6.45) is 6.15. The first kappa shape index (κ1) is 20.1. The Morgan fingerprint density at radius 3 is 2.55 bits per heavy atom. The van der Waals surface area contributed by atoms with E-state index in [4.69, 9.17) is 9.97 Å². The number of nitrogens with zero attached hydrogens (tertiary/aromatic N) is 5. The smallest absolute Gasteiger partial charge is 0.237 e. The second-order valence-corrected chi connectivity index (χ2v) is 8.38. The van der Waals surface area contributed by atoms with Gasteiger partial charge < -0.3 is 15.1 Å². The van der Waals surface area contributed by atoms with Gasteiger partial charge in [0.1, 0.15) is 5.82 Å². The van der Waals surface area contributed by atoms with Gasteiger partial charge in [-0.2, -0.15) is 0 Å². The normalized spacial score (nSPS) is 22.5. The number of aromatic nitrogens is 2. The number of anilines is 1. The van der Waals surface area contributed by atoms with Gasteiger partial charge in [0.15, 0.2) is 5.82 Å². The molecule has 1 aromatic heterocycles. The zero-order valence-corrected chi connectivity index (χ0v) is 17.6. The Balaban J connectivity index is 1.58. The third-order valence-electron chi connectivity index (χ3n) is 6.44. The molecule has 29 heavy (non-hydrogen) atoms. The minimum Gasteiger partial charge on any atom is -0.373 e. The van der Waals surface area contributed by atoms with Crippen LogP contribution in [-0.4, -0.2) is 76.3 Å². The van der Waals surface area contributed by atoms with Gasteiger partial charge in [0.25, 0.3) is 0 Å². The van der Waals surface area contributed by atoms with Crippen molar-refractivity contribution in [3.05, 3.63) is 17.1 Å². The van der Waals surface area contributed by atoms with Gasteiger partial charge in [0, 0.05) is 39.0 Å². The molecule has 2 saturated heterocycles. The summed E-state index contributed by atoms with van der Waals surface area (Å²) in [5.41, 5.74) is 2.01. The summed E-state index contributed by atoms with van der Waals surface area (Å²) in [6.45, 7) is 6.17. The van der Waals surface area contributed by atoms with Crippen LogP contribution in [0.2, 0.25) is 0 Å². The quantitative estimate of drug-likeness (QED) is 0.826. The average molecular weight is 401 g/mol. The molecule has 8 heteroatoms. The zero-order valence-electron chi connectivity index (χ0n) is 17.6. The minimum absolute atomic E-state index is 0.0536. The van der Waals surface area contributed by atoms with E-state index < -0.39 is 0 Å². The van der Waals surface area contributed by atoms with Crippen molar-refractivity contribution in [1.29, 1.82) is 0 Å². The van der Waals surface area contributed by atoms with Crippen molar-refractivity contribution in [2.45, 2.75) is 58.0 Å². The van der Waals surface area contributed by atoms with Crippen molar-refractivity contribution in [3.63, 3.8) is 0 Å². The molecule has 0 spiro atoms. The molecule has 2 fully saturated rings. The number of amides is 2. The molecule has 158 valence electrons. The van der Waals surface area contributed by atoms with Gasteiger partial charge in [-0.1, -0.05) is 0 Å². The van der Waals surface area contributed by atoms with Crippen molar-refractivity contribution in [3.8, 4) is 0 Å². The molecule has 4 rings (SSSR count). The zero-order chi connectivity index (χ0) is 20.4. The van der Waals surface area contributed by atoms with Crippen LogP contribution in [0.1, 0.15) is 62.2 Å². The summed E-state index contributed by atoms with van der Waals surface area (Å²) in [7, 11) is 1.86. The summed E-state index contributed by atoms with van der Waals surface area (Å²) in [4.78, 5) is 40.7. The number of rotatable bonds is 4. The van der Waals surface area contributed by atoms with E-state index in [1.54, 1.807) is 6.92 Å². The summed E-state index contributed by atoms with van der Waals surface area (Å²) in [6, 6.07) is -0.0536. The summed E-state index contributed by atoms with van der Waals surface area (Å²) in [5, 5.41) is 3.20. The Hall–Kier alpha value is -2.22. The lowest BCUT2D eigenvalue weighted by molar-refractivity contribution is -0.136. The number of fused-ring (bicyclic) bond motifs is 1. The second kappa shape index (κ2) is 8.65. The molecular weight excluding hydrogens is 368 g/mol. The predicted molar refractivity (Wildman–Crippen MR) is 110 cm³/mol. The van der Waals surface area contributed by atoms with Gasteiger partial charge in [-0.25, -0.2) is 9.97 Å². The molecule has 1 N–H and O–H groups in total. The SMILES string of the molecule is CNc1nc([C@H]2CCCCN2C(=O)CN2CCCC2)nc2c1CN(C(C)=O)CC2. The van der Waals surface area contributed by atoms with Gasteiger partial charge in [0.2, 0.25) is 11.8 Å². The molecule has 1 atom stereocenters. The Bertz CT molecular complexity index is 759. The van der Waals surface area contributed by atoms with E-state index in [9.17, 15) is 9.59 Å². The third-order valence-corrected chi connectivity index (χ3v) is 6.44. The van der Waals surface area contributed by atoms with Crippen molar-refractivity contribution in [2.75, 3.05) is 45.1 Å². The Morgan fingerprint density at radius 1 is 1.07 bits per heavy atom. The van der Waals surface area contributed by atoms with Gasteiger partial charge in [-0.05, 0) is 45.2 Å². The number of nitrogens with one attached hydrogen (secondary N) is 1. The first-order valence-electron chi connectivity index (χ1n) is 10.9. The molecule has 2 amide bonds. The van der Waals surface area contributed by atoms with Crippen LogP contribution < -0.4 is 5.32 Å². The maximum atomic E-state index is 13.1. The molecule has 0 aliphatic carbocycles. The number of carbonyl (C=O) groups excluding carboxylic acids is 2. The van der Waals surface area contributed by atoms with Crippen molar-refractivity contribution < 1.29 is 9.59 Å². The largest absolute Gasteiger partial charge is 0.373 e. The predicted octanol–water partition coefficient (Wildman–Crippen LogP) is 1.57. The monoisotopic (exact) mass is 400 g/mol. The average Bonchev–Trinajstić information content (AvgIpc) is 3.25. The van der Waals surface area contributed by atoms with Crippen molar-refractivity contribution in [2.24, 2.45) is 0 Å². The van der Waals surface area contributed by atoms with E-state index in [0.29, 0.717) is 19.6 Å². The number of likely N-dealkylation sites (tertiary alicyclic amines) is 2. The second-order valence-electron chi connectivity index (χ2n) is 8.38. The fourth-order valence-corrected chi connectivity index (χ4v) is 4.78. The van der Waals surface area contributed by atoms with Gasteiger partial charge in [0.05, 0.1) is 24.8 Å². The van der Waals surface area contributed by atoms with Crippen molar-refractivity contribution in [1.82, 2.24) is 24.7 Å². The molecule has 0 aromatic carbocycles. The van der Waals surface area contributed by atoms with E-state index >= 15 is 0 Å². The first-order valence-corrected chi connectivity index (χ1v) is 10.9. The van der Waals surface area contributed by atoms with E-state index in [1.807, 2.05) is 16.8 Å². The van der Waals surface area contributed by atoms with E-state index in [2.05, 4.69) is 10.2 Å². The number of carbonyl (C=O) groups is 2. The van der Waals surface area contributed by atoms with Crippen LogP contribution in [0.3, 0.4) is 0 Å². The highest BCUT2D eigenvalue weighted by Crippen LogP contribution is 2.32. The Morgan fingerprint density at radius 2 is 1.83 bits per heavy atom. The molecule has 0 unspecified atom stereocenters. The summed E-state index contributed by atoms with van der Waals surface area (Å²) in [5.74, 6) is 1.81. The number of hydrogen-bond donors (Lipinski definition) is 1. The van der Waals surface area contributed by atoms with Crippen LogP contribution in [0.15, 0.2) is 0 Å². The van der Waals surface area contributed by atoms with E-state index in [0.717, 1.165) is 68.2 Å². The molecule has 3 aliphatic rings. The molecule has 3 aliphatic heterocycles. The van der Waals surface area contributed by atoms with E-state index in [1.165, 1.54) is 12.8 Å². The lowest BCUT2D eigenvalue weighted by Gasteiger charge is -2.36. The molecular formula is C21H32N6O2. The molecule has 1 aromatic rings. The highest BCUT2D eigenvalue weighted by atomic mass is 16.2. The molecule has 8 nitrogen and oxygen atoms in total. The lowest BCUT2D eigenvalue weighted by Crippen LogP contribution is -2.44. The topological polar surface area (TPSA) is 81.7 Å². The molecule has 4 heterocycles. The summed E-state index contributed by atoms with van der Waals surface area (Å²) >= 11 is 0. The Kier molecular flexibility index (Phi) is 5.99. The standard InChI is InChI=1S/C21H32N6O2/c1-15(28)26-12-8-17-16(13-26)20(22-2)24-21(23-17)18-7-3-4-11-27(18)19(29)14-25-9-5-6-10-25/h18H,3-14H2,1-2H3,(H,22,23,24)/t18-/m1/s1. The van der Waals surface area contributed by atoms with E-state index in [-0.39, 0.29) is 17.9 Å². The van der Waals surface area contributed by atoms with Gasteiger partial charge in [-0.15, -0.1) is 0 Å². The van der Waals surface area contributed by atoms with Gasteiger partial charge in [-0.3, -0.25) is 14.5 Å². The van der Waals surface area contributed by atoms with Crippen LogP contribution in [0.4, 0.5) is 5.82 Å². The van der Waals surface area contributed by atoms with Crippen LogP contribution in [0, 0.1) is 0 Å². The lowest BCUT2D eigenvalue weighted by atomic mass is 9.99. The third kappa shape index (κ3) is 4.22. The van der Waals surface area contributed by atoms with Crippen LogP contribution >= 0.6 is 0 Å². The maximum absolute atomic E-state index is 13.1.